The maximum Gasteiger partial charge on any atom is 0.268 e. The Labute approximate surface area is 199 Å². The Bertz CT molecular complexity index is 997. The fourth-order valence-corrected chi connectivity index (χ4v) is 6.52. The van der Waals surface area contributed by atoms with Crippen LogP contribution in [0.2, 0.25) is 0 Å². The standard InChI is InChI=1S/C25H33N3O2S2/c1-3-4-8-18-11-13-19(14-12-18)26-22(29)16-31-25-27-21-15-17(2)32-23(21)24(30)28(25)20-9-6-5-7-10-20/h11-14,17,20H,3-10,15-16H2,1-2H3,(H,26,29). The van der Waals surface area contributed by atoms with E-state index >= 15 is 0 Å². The van der Waals surface area contributed by atoms with Gasteiger partial charge in [0.15, 0.2) is 5.16 Å². The van der Waals surface area contributed by atoms with Gasteiger partial charge in [-0.15, -0.1) is 11.8 Å². The van der Waals surface area contributed by atoms with Crippen molar-refractivity contribution in [2.45, 2.75) is 93.0 Å². The highest BCUT2D eigenvalue weighted by molar-refractivity contribution is 8.00. The molecule has 1 aromatic carbocycles. The molecule has 2 heterocycles. The predicted molar refractivity (Wildman–Crippen MR) is 134 cm³/mol. The summed E-state index contributed by atoms with van der Waals surface area (Å²) in [5.41, 5.74) is 3.12. The number of hydrogen-bond donors (Lipinski definition) is 1. The summed E-state index contributed by atoms with van der Waals surface area (Å²) in [6.45, 7) is 4.33. The molecule has 4 rings (SSSR count). The number of aromatic nitrogens is 2. The van der Waals surface area contributed by atoms with E-state index in [0.717, 1.165) is 54.8 Å². The summed E-state index contributed by atoms with van der Waals surface area (Å²) in [4.78, 5) is 31.7. The summed E-state index contributed by atoms with van der Waals surface area (Å²) in [5, 5.41) is 4.08. The van der Waals surface area contributed by atoms with Gasteiger partial charge in [-0.1, -0.05) is 63.4 Å². The molecule has 172 valence electrons. The summed E-state index contributed by atoms with van der Waals surface area (Å²) in [6.07, 6.45) is 9.82. The third kappa shape index (κ3) is 5.60. The molecule has 1 fully saturated rings. The molecule has 32 heavy (non-hydrogen) atoms. The zero-order valence-electron chi connectivity index (χ0n) is 19.1. The van der Waals surface area contributed by atoms with Crippen LogP contribution in [0.25, 0.3) is 0 Å². The summed E-state index contributed by atoms with van der Waals surface area (Å²) >= 11 is 3.05. The van der Waals surface area contributed by atoms with Gasteiger partial charge in [-0.2, -0.15) is 0 Å². The Morgan fingerprint density at radius 2 is 1.97 bits per heavy atom. The second-order valence-corrected chi connectivity index (χ2v) is 11.3. The molecule has 5 nitrogen and oxygen atoms in total. The minimum atomic E-state index is -0.0657. The van der Waals surface area contributed by atoms with Crippen LogP contribution >= 0.6 is 23.5 Å². The van der Waals surface area contributed by atoms with E-state index in [1.54, 1.807) is 11.8 Å². The largest absolute Gasteiger partial charge is 0.325 e. The molecule has 1 saturated carbocycles. The molecule has 7 heteroatoms. The fourth-order valence-electron chi connectivity index (χ4n) is 4.54. The lowest BCUT2D eigenvalue weighted by molar-refractivity contribution is -0.113. The van der Waals surface area contributed by atoms with Crippen molar-refractivity contribution in [2.24, 2.45) is 0 Å². The van der Waals surface area contributed by atoms with Crippen molar-refractivity contribution in [1.29, 1.82) is 0 Å². The normalized spacial score (nSPS) is 18.5. The number of carbonyl (C=O) groups excluding carboxylic acids is 1. The van der Waals surface area contributed by atoms with Crippen molar-refractivity contribution in [3.05, 3.63) is 45.9 Å². The van der Waals surface area contributed by atoms with Gasteiger partial charge in [-0.3, -0.25) is 14.2 Å². The van der Waals surface area contributed by atoms with E-state index < -0.39 is 0 Å². The Morgan fingerprint density at radius 3 is 2.69 bits per heavy atom. The maximum atomic E-state index is 13.4. The Morgan fingerprint density at radius 1 is 1.22 bits per heavy atom. The van der Waals surface area contributed by atoms with Crippen LogP contribution < -0.4 is 10.9 Å². The van der Waals surface area contributed by atoms with Crippen LogP contribution in [0.15, 0.2) is 39.1 Å². The van der Waals surface area contributed by atoms with Crippen LogP contribution in [0.3, 0.4) is 0 Å². The number of carbonyl (C=O) groups is 1. The summed E-state index contributed by atoms with van der Waals surface area (Å²) in [5.74, 6) is 0.182. The predicted octanol–water partition coefficient (Wildman–Crippen LogP) is 5.86. The van der Waals surface area contributed by atoms with E-state index in [2.05, 4.69) is 31.3 Å². The Balaban J connectivity index is 1.46. The van der Waals surface area contributed by atoms with Gasteiger partial charge in [0.25, 0.3) is 5.56 Å². The van der Waals surface area contributed by atoms with Gasteiger partial charge in [-0.05, 0) is 43.4 Å². The zero-order valence-corrected chi connectivity index (χ0v) is 20.7. The lowest BCUT2D eigenvalue weighted by Crippen LogP contribution is -2.30. The van der Waals surface area contributed by atoms with Crippen LogP contribution in [0, 0.1) is 0 Å². The molecule has 0 radical (unpaired) electrons. The first kappa shape index (κ1) is 23.4. The highest BCUT2D eigenvalue weighted by Gasteiger charge is 2.29. The van der Waals surface area contributed by atoms with Gasteiger partial charge in [0, 0.05) is 23.4 Å². The minimum absolute atomic E-state index is 0.0657. The molecule has 1 aliphatic heterocycles. The van der Waals surface area contributed by atoms with Crippen molar-refractivity contribution >= 4 is 35.1 Å². The first-order valence-electron chi connectivity index (χ1n) is 11.9. The van der Waals surface area contributed by atoms with Crippen molar-refractivity contribution in [3.63, 3.8) is 0 Å². The number of nitrogens with one attached hydrogen (secondary N) is 1. The van der Waals surface area contributed by atoms with Gasteiger partial charge < -0.3 is 5.32 Å². The molecule has 1 atom stereocenters. The number of benzene rings is 1. The average Bonchev–Trinajstić information content (AvgIpc) is 3.18. The third-order valence-electron chi connectivity index (χ3n) is 6.24. The van der Waals surface area contributed by atoms with Crippen LogP contribution in [-0.4, -0.2) is 26.5 Å². The second kappa shape index (κ2) is 10.9. The van der Waals surface area contributed by atoms with E-state index in [9.17, 15) is 9.59 Å². The van der Waals surface area contributed by atoms with Gasteiger partial charge in [0.05, 0.1) is 16.3 Å². The molecule has 1 amide bonds. The molecule has 2 aliphatic rings. The molecule has 1 N–H and O–H groups in total. The van der Waals surface area contributed by atoms with Crippen molar-refractivity contribution < 1.29 is 4.79 Å². The van der Waals surface area contributed by atoms with Gasteiger partial charge >= 0.3 is 0 Å². The van der Waals surface area contributed by atoms with Gasteiger partial charge in [0.1, 0.15) is 0 Å². The Hall–Kier alpha value is -1.73. The molecule has 1 aliphatic carbocycles. The number of anilines is 1. The van der Waals surface area contributed by atoms with Crippen LogP contribution in [0.5, 0.6) is 0 Å². The number of thioether (sulfide) groups is 2. The lowest BCUT2D eigenvalue weighted by Gasteiger charge is -2.26. The van der Waals surface area contributed by atoms with Crippen molar-refractivity contribution in [1.82, 2.24) is 9.55 Å². The van der Waals surface area contributed by atoms with E-state index in [0.29, 0.717) is 10.4 Å². The number of hydrogen-bond acceptors (Lipinski definition) is 5. The average molecular weight is 472 g/mol. The lowest BCUT2D eigenvalue weighted by atomic mass is 9.95. The smallest absolute Gasteiger partial charge is 0.268 e. The molecular weight excluding hydrogens is 438 g/mol. The molecule has 0 saturated heterocycles. The number of fused-ring (bicyclic) bond motifs is 1. The molecule has 2 aromatic rings. The Kier molecular flexibility index (Phi) is 8.00. The summed E-state index contributed by atoms with van der Waals surface area (Å²) in [7, 11) is 0. The number of nitrogens with zero attached hydrogens (tertiary/aromatic N) is 2. The second-order valence-electron chi connectivity index (χ2n) is 8.91. The molecular formula is C25H33N3O2S2. The number of unbranched alkanes of at least 4 members (excludes halogenated alkanes) is 1. The topological polar surface area (TPSA) is 64.0 Å². The van der Waals surface area contributed by atoms with Crippen molar-refractivity contribution in [3.8, 4) is 0 Å². The molecule has 1 unspecified atom stereocenters. The number of rotatable bonds is 8. The highest BCUT2D eigenvalue weighted by atomic mass is 32.2. The van der Waals surface area contributed by atoms with Crippen LogP contribution in [0.4, 0.5) is 5.69 Å². The number of aryl methyl sites for hydroxylation is 1. The van der Waals surface area contributed by atoms with Crippen LogP contribution in [-0.2, 0) is 17.6 Å². The van der Waals surface area contributed by atoms with Crippen LogP contribution in [0.1, 0.15) is 76.1 Å². The molecule has 0 spiro atoms. The summed E-state index contributed by atoms with van der Waals surface area (Å²) < 4.78 is 1.91. The van der Waals surface area contributed by atoms with E-state index in [4.69, 9.17) is 4.98 Å². The summed E-state index contributed by atoms with van der Waals surface area (Å²) in [6, 6.07) is 8.31. The quantitative estimate of drug-likeness (QED) is 0.386. The first-order chi connectivity index (χ1) is 15.5. The zero-order chi connectivity index (χ0) is 22.5. The number of amides is 1. The van der Waals surface area contributed by atoms with E-state index in [-0.39, 0.29) is 23.3 Å². The maximum absolute atomic E-state index is 13.4. The monoisotopic (exact) mass is 471 g/mol. The van der Waals surface area contributed by atoms with Gasteiger partial charge in [-0.25, -0.2) is 4.98 Å². The van der Waals surface area contributed by atoms with Gasteiger partial charge in [0.2, 0.25) is 5.91 Å². The van der Waals surface area contributed by atoms with Crippen molar-refractivity contribution in [2.75, 3.05) is 11.1 Å². The molecule has 1 aromatic heterocycles. The fraction of sp³-hybridized carbons (Fsp3) is 0.560. The van der Waals surface area contributed by atoms with E-state index in [1.807, 2.05) is 16.7 Å². The van der Waals surface area contributed by atoms with E-state index in [1.165, 1.54) is 36.6 Å². The molecule has 0 bridgehead atoms. The minimum Gasteiger partial charge on any atom is -0.325 e. The first-order valence-corrected chi connectivity index (χ1v) is 13.7. The highest BCUT2D eigenvalue weighted by Crippen LogP contribution is 2.37. The SMILES string of the molecule is CCCCc1ccc(NC(=O)CSc2nc3c(c(=O)n2C2CCCCC2)SC(C)C3)cc1. The third-order valence-corrected chi connectivity index (χ3v) is 8.41.